The van der Waals surface area contributed by atoms with E-state index < -0.39 is 0 Å². The van der Waals surface area contributed by atoms with Crippen molar-refractivity contribution in [1.82, 2.24) is 30.0 Å². The number of hydrogen-bond donors (Lipinski definition) is 0. The van der Waals surface area contributed by atoms with Gasteiger partial charge in [0.1, 0.15) is 17.5 Å². The van der Waals surface area contributed by atoms with Crippen molar-refractivity contribution < 1.29 is 9.47 Å². The van der Waals surface area contributed by atoms with E-state index in [1.807, 2.05) is 29.0 Å². The van der Waals surface area contributed by atoms with E-state index in [2.05, 4.69) is 62.2 Å². The third kappa shape index (κ3) is 5.40. The predicted octanol–water partition coefficient (Wildman–Crippen LogP) is 2.83. The number of aryl methyl sites for hydroxylation is 2. The molecule has 8 nitrogen and oxygen atoms in total. The minimum absolute atomic E-state index is 0.123. The third-order valence-electron chi connectivity index (χ3n) is 6.15. The van der Waals surface area contributed by atoms with Gasteiger partial charge in [-0.2, -0.15) is 0 Å². The molecule has 3 aromatic rings. The van der Waals surface area contributed by atoms with Crippen molar-refractivity contribution in [3.8, 4) is 11.5 Å². The van der Waals surface area contributed by atoms with Crippen molar-refractivity contribution in [3.63, 3.8) is 0 Å². The standard InChI is InChI=1S/C25H32N6O2/c1-4-13-29-15-17-30(18-16-29)24(22-11-10-21(32-2)19-23(22)33-3)25-26-27-28-31(25)14-12-20-8-6-5-7-9-20/h4-11,19,24H,1,12-18H2,2-3H3. The van der Waals surface area contributed by atoms with Crippen LogP contribution in [-0.4, -0.2) is 77.0 Å². The molecular weight excluding hydrogens is 416 g/mol. The summed E-state index contributed by atoms with van der Waals surface area (Å²) in [4.78, 5) is 4.85. The Kier molecular flexibility index (Phi) is 7.70. The van der Waals surface area contributed by atoms with Gasteiger partial charge in [0.2, 0.25) is 0 Å². The first-order chi connectivity index (χ1) is 16.2. The summed E-state index contributed by atoms with van der Waals surface area (Å²) in [5.41, 5.74) is 2.29. The van der Waals surface area contributed by atoms with Crippen LogP contribution in [-0.2, 0) is 13.0 Å². The summed E-state index contributed by atoms with van der Waals surface area (Å²) >= 11 is 0. The summed E-state index contributed by atoms with van der Waals surface area (Å²) in [6.45, 7) is 9.22. The van der Waals surface area contributed by atoms with Gasteiger partial charge in [-0.15, -0.1) is 11.7 Å². The lowest BCUT2D eigenvalue weighted by Crippen LogP contribution is -2.48. The van der Waals surface area contributed by atoms with Crippen LogP contribution in [0, 0.1) is 0 Å². The van der Waals surface area contributed by atoms with Crippen molar-refractivity contribution in [1.29, 1.82) is 0 Å². The maximum Gasteiger partial charge on any atom is 0.173 e. The maximum atomic E-state index is 5.78. The van der Waals surface area contributed by atoms with E-state index in [1.165, 1.54) is 5.56 Å². The van der Waals surface area contributed by atoms with E-state index in [1.54, 1.807) is 14.2 Å². The molecule has 1 aliphatic rings. The van der Waals surface area contributed by atoms with E-state index in [-0.39, 0.29) is 6.04 Å². The van der Waals surface area contributed by atoms with Crippen molar-refractivity contribution >= 4 is 0 Å². The first kappa shape index (κ1) is 22.9. The van der Waals surface area contributed by atoms with Crippen LogP contribution in [0.3, 0.4) is 0 Å². The van der Waals surface area contributed by atoms with Crippen LogP contribution in [0.1, 0.15) is 23.0 Å². The van der Waals surface area contributed by atoms with E-state index in [0.29, 0.717) is 6.54 Å². The molecule has 2 heterocycles. The molecule has 0 bridgehead atoms. The Morgan fingerprint density at radius 1 is 1.03 bits per heavy atom. The van der Waals surface area contributed by atoms with Crippen LogP contribution < -0.4 is 9.47 Å². The van der Waals surface area contributed by atoms with Gasteiger partial charge in [-0.1, -0.05) is 36.4 Å². The van der Waals surface area contributed by atoms with Crippen LogP contribution in [0.15, 0.2) is 61.2 Å². The highest BCUT2D eigenvalue weighted by molar-refractivity contribution is 5.44. The van der Waals surface area contributed by atoms with Crippen molar-refractivity contribution in [2.24, 2.45) is 0 Å². The maximum absolute atomic E-state index is 5.78. The minimum atomic E-state index is -0.123. The van der Waals surface area contributed by atoms with Gasteiger partial charge in [-0.25, -0.2) is 4.68 Å². The van der Waals surface area contributed by atoms with Gasteiger partial charge < -0.3 is 9.47 Å². The molecule has 0 N–H and O–H groups in total. The number of aromatic nitrogens is 4. The van der Waals surface area contributed by atoms with Crippen LogP contribution in [0.4, 0.5) is 0 Å². The summed E-state index contributed by atoms with van der Waals surface area (Å²) in [6, 6.07) is 16.2. The average Bonchev–Trinajstić information content (AvgIpc) is 3.33. The normalized spacial score (nSPS) is 15.8. The van der Waals surface area contributed by atoms with Gasteiger partial charge in [-0.05, 0) is 34.5 Å². The average molecular weight is 449 g/mol. The van der Waals surface area contributed by atoms with Crippen LogP contribution in [0.5, 0.6) is 11.5 Å². The fourth-order valence-electron chi connectivity index (χ4n) is 4.38. The number of benzene rings is 2. The fraction of sp³-hybridized carbons (Fsp3) is 0.400. The summed E-state index contributed by atoms with van der Waals surface area (Å²) in [5.74, 6) is 2.35. The highest BCUT2D eigenvalue weighted by Crippen LogP contribution is 2.36. The molecule has 1 saturated heterocycles. The van der Waals surface area contributed by atoms with Gasteiger partial charge in [0, 0.05) is 50.9 Å². The molecule has 1 atom stereocenters. The molecule has 8 heteroatoms. The number of rotatable bonds is 10. The van der Waals surface area contributed by atoms with Crippen LogP contribution in [0.2, 0.25) is 0 Å². The summed E-state index contributed by atoms with van der Waals surface area (Å²) in [7, 11) is 3.35. The van der Waals surface area contributed by atoms with E-state index in [9.17, 15) is 0 Å². The predicted molar refractivity (Wildman–Crippen MR) is 128 cm³/mol. The number of nitrogens with zero attached hydrogens (tertiary/aromatic N) is 6. The second-order valence-corrected chi connectivity index (χ2v) is 8.13. The van der Waals surface area contributed by atoms with Crippen molar-refractivity contribution in [2.45, 2.75) is 19.0 Å². The van der Waals surface area contributed by atoms with E-state index >= 15 is 0 Å². The molecule has 1 aromatic heterocycles. The SMILES string of the molecule is C=CCN1CCN(C(c2ccc(OC)cc2OC)c2nnnn2CCc2ccccc2)CC1. The first-order valence-corrected chi connectivity index (χ1v) is 11.3. The number of tetrazole rings is 1. The molecule has 0 aliphatic carbocycles. The van der Waals surface area contributed by atoms with Gasteiger partial charge in [0.05, 0.1) is 14.2 Å². The van der Waals surface area contributed by atoms with Gasteiger partial charge in [0.15, 0.2) is 5.82 Å². The van der Waals surface area contributed by atoms with E-state index in [0.717, 1.165) is 62.0 Å². The second kappa shape index (κ2) is 11.1. The lowest BCUT2D eigenvalue weighted by molar-refractivity contribution is 0.111. The quantitative estimate of drug-likeness (QED) is 0.442. The Hall–Kier alpha value is -3.23. The van der Waals surface area contributed by atoms with E-state index in [4.69, 9.17) is 9.47 Å². The zero-order valence-electron chi connectivity index (χ0n) is 19.4. The Labute approximate surface area is 195 Å². The summed E-state index contributed by atoms with van der Waals surface area (Å²) < 4.78 is 13.1. The molecule has 4 rings (SSSR count). The zero-order valence-corrected chi connectivity index (χ0v) is 19.4. The topological polar surface area (TPSA) is 68.5 Å². The number of methoxy groups -OCH3 is 2. The van der Waals surface area contributed by atoms with Crippen LogP contribution >= 0.6 is 0 Å². The molecule has 0 saturated carbocycles. The molecular formula is C25H32N6O2. The highest BCUT2D eigenvalue weighted by atomic mass is 16.5. The fourth-order valence-corrected chi connectivity index (χ4v) is 4.38. The molecule has 2 aromatic carbocycles. The number of piperazine rings is 1. The Balaban J connectivity index is 1.66. The number of hydrogen-bond acceptors (Lipinski definition) is 7. The zero-order chi connectivity index (χ0) is 23.0. The molecule has 1 aliphatic heterocycles. The largest absolute Gasteiger partial charge is 0.497 e. The van der Waals surface area contributed by atoms with Gasteiger partial charge in [0.25, 0.3) is 0 Å². The highest BCUT2D eigenvalue weighted by Gasteiger charge is 2.32. The molecule has 0 radical (unpaired) electrons. The lowest BCUT2D eigenvalue weighted by atomic mass is 10.0. The second-order valence-electron chi connectivity index (χ2n) is 8.13. The summed E-state index contributed by atoms with van der Waals surface area (Å²) in [6.07, 6.45) is 2.82. The van der Waals surface area contributed by atoms with Crippen LogP contribution in [0.25, 0.3) is 0 Å². The monoisotopic (exact) mass is 448 g/mol. The molecule has 0 amide bonds. The Morgan fingerprint density at radius 2 is 1.82 bits per heavy atom. The van der Waals surface area contributed by atoms with Gasteiger partial charge >= 0.3 is 0 Å². The molecule has 0 spiro atoms. The van der Waals surface area contributed by atoms with Gasteiger partial charge in [-0.3, -0.25) is 9.80 Å². The molecule has 33 heavy (non-hydrogen) atoms. The Bertz CT molecular complexity index is 1030. The summed E-state index contributed by atoms with van der Waals surface area (Å²) in [5, 5.41) is 12.9. The number of ether oxygens (including phenoxy) is 2. The van der Waals surface area contributed by atoms with Crippen molar-refractivity contribution in [2.75, 3.05) is 46.9 Å². The smallest absolute Gasteiger partial charge is 0.173 e. The molecule has 174 valence electrons. The molecule has 1 fully saturated rings. The van der Waals surface area contributed by atoms with Crippen molar-refractivity contribution in [3.05, 3.63) is 78.1 Å². The molecule has 1 unspecified atom stereocenters. The lowest BCUT2D eigenvalue weighted by Gasteiger charge is -2.38. The first-order valence-electron chi connectivity index (χ1n) is 11.3. The third-order valence-corrected chi connectivity index (χ3v) is 6.15. The minimum Gasteiger partial charge on any atom is -0.497 e. The Morgan fingerprint density at radius 3 is 2.52 bits per heavy atom.